The zero-order chi connectivity index (χ0) is 18.4. The van der Waals surface area contributed by atoms with Crippen LogP contribution in [0.5, 0.6) is 5.75 Å². The van der Waals surface area contributed by atoms with E-state index in [2.05, 4.69) is 35.2 Å². The molecule has 1 aromatic carbocycles. The molecule has 0 aliphatic rings. The van der Waals surface area contributed by atoms with E-state index in [0.29, 0.717) is 29.2 Å². The van der Waals surface area contributed by atoms with Crippen molar-refractivity contribution < 1.29 is 51.0 Å². The fourth-order valence-electron chi connectivity index (χ4n) is 1.84. The Morgan fingerprint density at radius 2 is 1.69 bits per heavy atom. The van der Waals surface area contributed by atoms with Crippen LogP contribution in [0.1, 0.15) is 5.82 Å². The molecule has 0 saturated carbocycles. The Labute approximate surface area is 173 Å². The molecule has 1 N–H and O–H groups in total. The second-order valence-corrected chi connectivity index (χ2v) is 4.73. The third-order valence-electron chi connectivity index (χ3n) is 3.07. The van der Waals surface area contributed by atoms with Crippen LogP contribution in [-0.4, -0.2) is 38.0 Å². The minimum Gasteiger partial charge on any atom is -0.533 e. The molecule has 0 bridgehead atoms. The van der Waals surface area contributed by atoms with Gasteiger partial charge in [0.05, 0.1) is 0 Å². The maximum Gasteiger partial charge on any atom is 3.00 e. The average molecular weight is 439 g/mol. The number of hydrogen-bond donors (Lipinski definition) is 1. The first kappa shape index (κ1) is 22.3. The number of phenolic OH excluding ortho intramolecular Hbond substituents is 1. The van der Waals surface area contributed by atoms with E-state index in [-0.39, 0.29) is 38.4 Å². The third-order valence-corrected chi connectivity index (χ3v) is 3.07. The molecule has 3 rings (SSSR count). The van der Waals surface area contributed by atoms with Gasteiger partial charge in [-0.25, -0.2) is 0 Å². The number of alkyl halides is 3. The molecular weight excluding hydrogens is 424 g/mol. The van der Waals surface area contributed by atoms with Crippen LogP contribution in [0.4, 0.5) is 19.0 Å². The number of hydrogen-bond acceptors (Lipinski definition) is 5. The molecule has 3 aromatic rings. The van der Waals surface area contributed by atoms with E-state index in [1.54, 1.807) is 35.2 Å². The fraction of sp³-hybridized carbons (Fsp3) is 0.188. The van der Waals surface area contributed by atoms with Gasteiger partial charge in [-0.3, -0.25) is 0 Å². The fourth-order valence-corrected chi connectivity index (χ4v) is 1.84. The second kappa shape index (κ2) is 9.82. The smallest absolute Gasteiger partial charge is 0.533 e. The first-order valence-electron chi connectivity index (χ1n) is 7.15. The Hall–Kier alpha value is -1.74. The standard InChI is InChI=1S/C10H10F3N5.C6H5O.Y/c1-3-17(4-2)8-6-5-7-14-15-9(10(11,12)13)18(7)16-8;7-6-4-2-1-3-5-6;/h5-6H,1-4H2;2-5,7H;/q-2;-1;+3. The summed E-state index contributed by atoms with van der Waals surface area (Å²) in [5.74, 6) is -0.510. The van der Waals surface area contributed by atoms with Crippen molar-refractivity contribution in [3.05, 3.63) is 62.1 Å². The first-order valence-corrected chi connectivity index (χ1v) is 7.15. The molecule has 26 heavy (non-hydrogen) atoms. The van der Waals surface area contributed by atoms with E-state index in [4.69, 9.17) is 5.11 Å². The topological polar surface area (TPSA) is 66.5 Å². The van der Waals surface area contributed by atoms with Gasteiger partial charge in [-0.1, -0.05) is 0 Å². The molecule has 0 radical (unpaired) electrons. The molecule has 2 heterocycles. The van der Waals surface area contributed by atoms with Crippen molar-refractivity contribution in [2.24, 2.45) is 0 Å². The molecule has 6 nitrogen and oxygen atoms in total. The van der Waals surface area contributed by atoms with Gasteiger partial charge in [-0.05, 0) is 12.1 Å². The molecule has 2 aromatic heterocycles. The Kier molecular flexibility index (Phi) is 8.43. The zero-order valence-electron chi connectivity index (χ0n) is 13.7. The van der Waals surface area contributed by atoms with Crippen LogP contribution in [0, 0.1) is 19.9 Å². The minimum absolute atomic E-state index is 0. The summed E-state index contributed by atoms with van der Waals surface area (Å²) in [6.07, 6.45) is -4.59. The van der Waals surface area contributed by atoms with Crippen molar-refractivity contribution in [1.82, 2.24) is 19.8 Å². The van der Waals surface area contributed by atoms with Crippen molar-refractivity contribution in [3.8, 4) is 5.75 Å². The van der Waals surface area contributed by atoms with E-state index < -0.39 is 12.0 Å². The summed E-state index contributed by atoms with van der Waals surface area (Å²) in [4.78, 5) is 1.62. The number of aromatic hydroxyl groups is 1. The van der Waals surface area contributed by atoms with Gasteiger partial charge in [0.2, 0.25) is 0 Å². The van der Waals surface area contributed by atoms with Gasteiger partial charge in [0.1, 0.15) is 5.82 Å². The molecule has 0 aliphatic heterocycles. The van der Waals surface area contributed by atoms with Crippen LogP contribution in [-0.2, 0) is 38.9 Å². The number of fused-ring (bicyclic) bond motifs is 1. The monoisotopic (exact) mass is 439 g/mol. The SMILES string of the molecule is Oc1cc[c-]cc1.[CH2-]CN(C[CH2-])c1ccc2nnc(C(F)(F)F)n2n1.[Y+3]. The zero-order valence-corrected chi connectivity index (χ0v) is 16.5. The summed E-state index contributed by atoms with van der Waals surface area (Å²) in [6, 6.07) is 12.2. The molecule has 134 valence electrons. The number of benzene rings is 1. The molecule has 0 unspecified atom stereocenters. The summed E-state index contributed by atoms with van der Waals surface area (Å²) in [7, 11) is 0. The van der Waals surface area contributed by atoms with Crippen LogP contribution < -0.4 is 4.90 Å². The van der Waals surface area contributed by atoms with Gasteiger partial charge < -0.3 is 23.9 Å². The predicted octanol–water partition coefficient (Wildman–Crippen LogP) is 2.81. The van der Waals surface area contributed by atoms with Gasteiger partial charge in [0.25, 0.3) is 5.82 Å². The van der Waals surface area contributed by atoms with Gasteiger partial charge in [0.15, 0.2) is 5.65 Å². The molecule has 0 spiro atoms. The number of nitrogens with zero attached hydrogens (tertiary/aromatic N) is 5. The quantitative estimate of drug-likeness (QED) is 0.636. The first-order chi connectivity index (χ1) is 11.9. The summed E-state index contributed by atoms with van der Waals surface area (Å²) in [5.41, 5.74) is 0.0409. The van der Waals surface area contributed by atoms with Crippen molar-refractivity contribution in [3.63, 3.8) is 0 Å². The van der Waals surface area contributed by atoms with Crippen molar-refractivity contribution in [2.75, 3.05) is 18.0 Å². The normalized spacial score (nSPS) is 10.7. The Morgan fingerprint density at radius 3 is 2.15 bits per heavy atom. The van der Waals surface area contributed by atoms with Crippen molar-refractivity contribution in [2.45, 2.75) is 6.18 Å². The molecule has 0 saturated heterocycles. The predicted molar refractivity (Wildman–Crippen MR) is 85.7 cm³/mol. The summed E-state index contributed by atoms with van der Waals surface area (Å²) in [5, 5.41) is 19.0. The number of phenols is 1. The van der Waals surface area contributed by atoms with E-state index in [1.165, 1.54) is 6.07 Å². The number of aromatic nitrogens is 4. The van der Waals surface area contributed by atoms with E-state index in [9.17, 15) is 13.2 Å². The van der Waals surface area contributed by atoms with Crippen molar-refractivity contribution in [1.29, 1.82) is 0 Å². The van der Waals surface area contributed by atoms with Crippen LogP contribution in [0.15, 0.2) is 36.4 Å². The summed E-state index contributed by atoms with van der Waals surface area (Å²) in [6.45, 7) is 8.02. The molecule has 0 aliphatic carbocycles. The van der Waals surface area contributed by atoms with Crippen LogP contribution >= 0.6 is 0 Å². The largest absolute Gasteiger partial charge is 3.00 e. The van der Waals surface area contributed by atoms with Crippen LogP contribution in [0.3, 0.4) is 0 Å². The van der Waals surface area contributed by atoms with E-state index in [0.717, 1.165) is 0 Å². The van der Waals surface area contributed by atoms with Gasteiger partial charge in [-0.15, -0.1) is 40.5 Å². The molecule has 0 fully saturated rings. The molecule has 10 heteroatoms. The molecular formula is C16H15F3N5OY. The number of anilines is 1. The third kappa shape index (κ3) is 5.64. The molecule has 0 atom stereocenters. The number of halogens is 3. The summed E-state index contributed by atoms with van der Waals surface area (Å²) < 4.78 is 38.6. The summed E-state index contributed by atoms with van der Waals surface area (Å²) >= 11 is 0. The van der Waals surface area contributed by atoms with Gasteiger partial charge in [-0.2, -0.15) is 35.9 Å². The van der Waals surface area contributed by atoms with Gasteiger partial charge in [0, 0.05) is 5.75 Å². The van der Waals surface area contributed by atoms with Crippen LogP contribution in [0.2, 0.25) is 0 Å². The minimum atomic E-state index is -4.59. The second-order valence-electron chi connectivity index (χ2n) is 4.73. The van der Waals surface area contributed by atoms with Crippen LogP contribution in [0.25, 0.3) is 5.65 Å². The maximum absolute atomic E-state index is 12.6. The Morgan fingerprint density at radius 1 is 1.08 bits per heavy atom. The number of rotatable bonds is 3. The van der Waals surface area contributed by atoms with Gasteiger partial charge >= 0.3 is 38.9 Å². The Bertz CT molecular complexity index is 807. The average Bonchev–Trinajstić information content (AvgIpc) is 3.01. The van der Waals surface area contributed by atoms with E-state index in [1.807, 2.05) is 0 Å². The van der Waals surface area contributed by atoms with E-state index >= 15 is 0 Å². The van der Waals surface area contributed by atoms with Crippen molar-refractivity contribution >= 4 is 11.5 Å². The molecule has 0 amide bonds. The maximum atomic E-state index is 12.6. The Balaban J connectivity index is 0.000000357.